The summed E-state index contributed by atoms with van der Waals surface area (Å²) in [6.45, 7) is 0. The molecular weight excluding hydrogens is 336 g/mol. The Morgan fingerprint density at radius 2 is 2.06 bits per heavy atom. The van der Waals surface area contributed by atoms with Crippen molar-refractivity contribution in [3.63, 3.8) is 0 Å². The maximum atomic E-state index is 12.0. The molecule has 2 rings (SSSR count). The molecule has 0 N–H and O–H groups in total. The van der Waals surface area contributed by atoms with Gasteiger partial charge in [0, 0.05) is 27.1 Å². The zero-order chi connectivity index (χ0) is 11.5. The van der Waals surface area contributed by atoms with Crippen LogP contribution in [0.1, 0.15) is 15.9 Å². The highest BCUT2D eigenvalue weighted by Crippen LogP contribution is 2.20. The molecule has 0 radical (unpaired) electrons. The van der Waals surface area contributed by atoms with Crippen molar-refractivity contribution in [2.45, 2.75) is 0 Å². The summed E-state index contributed by atoms with van der Waals surface area (Å²) in [5, 5.41) is 0.656. The average molecular weight is 344 g/mol. The molecule has 1 heterocycles. The number of hydrogen-bond donors (Lipinski definition) is 0. The van der Waals surface area contributed by atoms with Crippen molar-refractivity contribution in [1.82, 2.24) is 4.98 Å². The van der Waals surface area contributed by atoms with Gasteiger partial charge in [-0.2, -0.15) is 0 Å². The molecule has 0 bridgehead atoms. The third-order valence-electron chi connectivity index (χ3n) is 2.11. The number of carbonyl (C=O) groups excluding carboxylic acids is 1. The number of nitrogens with zero attached hydrogens (tertiary/aromatic N) is 1. The second-order valence-electron chi connectivity index (χ2n) is 3.20. The van der Waals surface area contributed by atoms with E-state index >= 15 is 0 Å². The quantitative estimate of drug-likeness (QED) is 0.616. The zero-order valence-corrected chi connectivity index (χ0v) is 11.1. The van der Waals surface area contributed by atoms with E-state index < -0.39 is 0 Å². The smallest absolute Gasteiger partial charge is 0.194 e. The molecule has 1 aromatic heterocycles. The predicted molar refractivity (Wildman–Crippen MR) is 71.8 cm³/mol. The fourth-order valence-corrected chi connectivity index (χ4v) is 1.93. The van der Waals surface area contributed by atoms with Crippen LogP contribution in [-0.2, 0) is 0 Å². The van der Waals surface area contributed by atoms with Gasteiger partial charge in [-0.3, -0.25) is 9.78 Å². The molecule has 0 fully saturated rings. The van der Waals surface area contributed by atoms with Crippen molar-refractivity contribution in [1.29, 1.82) is 0 Å². The van der Waals surface area contributed by atoms with Crippen LogP contribution in [0.2, 0.25) is 5.02 Å². The number of rotatable bonds is 2. The summed E-state index contributed by atoms with van der Waals surface area (Å²) in [5.74, 6) is -0.0392. The van der Waals surface area contributed by atoms with Gasteiger partial charge in [-0.25, -0.2) is 0 Å². The molecule has 2 nitrogen and oxygen atoms in total. The Morgan fingerprint density at radius 1 is 1.25 bits per heavy atom. The van der Waals surface area contributed by atoms with Crippen LogP contribution in [0.15, 0.2) is 42.7 Å². The minimum atomic E-state index is -0.0392. The molecule has 0 saturated carbocycles. The Hall–Kier alpha value is -0.940. The van der Waals surface area contributed by atoms with Crippen LogP contribution < -0.4 is 0 Å². The molecule has 2 aromatic rings. The molecule has 0 saturated heterocycles. The summed E-state index contributed by atoms with van der Waals surface area (Å²) in [5.41, 5.74) is 1.21. The van der Waals surface area contributed by atoms with E-state index in [1.807, 2.05) is 0 Å². The lowest BCUT2D eigenvalue weighted by Crippen LogP contribution is -2.01. The van der Waals surface area contributed by atoms with E-state index in [4.69, 9.17) is 11.6 Å². The molecule has 0 spiro atoms. The highest BCUT2D eigenvalue weighted by Gasteiger charge is 2.10. The maximum Gasteiger partial charge on any atom is 0.194 e. The SMILES string of the molecule is O=C(c1cccnc1)c1ccc(Cl)c(I)c1. The Labute approximate surface area is 112 Å². The maximum absolute atomic E-state index is 12.0. The first-order valence-corrected chi connectivity index (χ1v) is 6.04. The summed E-state index contributed by atoms with van der Waals surface area (Å²) in [4.78, 5) is 15.9. The topological polar surface area (TPSA) is 30.0 Å². The highest BCUT2D eigenvalue weighted by atomic mass is 127. The van der Waals surface area contributed by atoms with Gasteiger partial charge in [-0.15, -0.1) is 0 Å². The molecule has 0 aliphatic carbocycles. The number of carbonyl (C=O) groups is 1. The van der Waals surface area contributed by atoms with Gasteiger partial charge in [0.1, 0.15) is 0 Å². The summed E-state index contributed by atoms with van der Waals surface area (Å²) >= 11 is 8.00. The van der Waals surface area contributed by atoms with Crippen molar-refractivity contribution in [2.24, 2.45) is 0 Å². The standard InChI is InChI=1S/C12H7ClINO/c13-10-4-3-8(6-11(10)14)12(16)9-2-1-5-15-7-9/h1-7H. The number of hydrogen-bond acceptors (Lipinski definition) is 2. The minimum absolute atomic E-state index is 0.0392. The normalized spacial score (nSPS) is 10.1. The number of halogens is 2. The fourth-order valence-electron chi connectivity index (χ4n) is 1.30. The van der Waals surface area contributed by atoms with Crippen LogP contribution in [0.3, 0.4) is 0 Å². The van der Waals surface area contributed by atoms with Crippen LogP contribution in [-0.4, -0.2) is 10.8 Å². The monoisotopic (exact) mass is 343 g/mol. The minimum Gasteiger partial charge on any atom is -0.289 e. The fraction of sp³-hybridized carbons (Fsp3) is 0. The molecule has 80 valence electrons. The summed E-state index contributed by atoms with van der Waals surface area (Å²) < 4.78 is 0.869. The molecule has 0 amide bonds. The van der Waals surface area contributed by atoms with E-state index in [9.17, 15) is 4.79 Å². The van der Waals surface area contributed by atoms with Crippen LogP contribution in [0, 0.1) is 3.57 Å². The molecule has 16 heavy (non-hydrogen) atoms. The Balaban J connectivity index is 2.39. The van der Waals surface area contributed by atoms with E-state index in [-0.39, 0.29) is 5.78 Å². The van der Waals surface area contributed by atoms with Gasteiger partial charge >= 0.3 is 0 Å². The third kappa shape index (κ3) is 2.41. The van der Waals surface area contributed by atoms with E-state index in [2.05, 4.69) is 27.6 Å². The van der Waals surface area contributed by atoms with Crippen molar-refractivity contribution in [3.8, 4) is 0 Å². The second-order valence-corrected chi connectivity index (χ2v) is 4.77. The first-order chi connectivity index (χ1) is 7.68. The first-order valence-electron chi connectivity index (χ1n) is 4.58. The summed E-state index contributed by atoms with van der Waals surface area (Å²) in [6.07, 6.45) is 3.20. The van der Waals surface area contributed by atoms with Gasteiger partial charge in [-0.05, 0) is 52.9 Å². The Kier molecular flexibility index (Phi) is 3.56. The Bertz CT molecular complexity index is 528. The van der Waals surface area contributed by atoms with Crippen molar-refractivity contribution >= 4 is 40.0 Å². The van der Waals surface area contributed by atoms with Crippen molar-refractivity contribution in [2.75, 3.05) is 0 Å². The third-order valence-corrected chi connectivity index (χ3v) is 3.65. The van der Waals surface area contributed by atoms with Crippen LogP contribution in [0.4, 0.5) is 0 Å². The van der Waals surface area contributed by atoms with E-state index in [1.165, 1.54) is 0 Å². The lowest BCUT2D eigenvalue weighted by Gasteiger charge is -2.02. The summed E-state index contributed by atoms with van der Waals surface area (Å²) in [6, 6.07) is 8.72. The number of ketones is 1. The molecule has 4 heteroatoms. The molecular formula is C12H7ClINO. The molecule has 0 aliphatic heterocycles. The zero-order valence-electron chi connectivity index (χ0n) is 8.15. The number of pyridine rings is 1. The predicted octanol–water partition coefficient (Wildman–Crippen LogP) is 3.57. The molecule has 0 aliphatic rings. The van der Waals surface area contributed by atoms with Gasteiger partial charge in [0.15, 0.2) is 5.78 Å². The van der Waals surface area contributed by atoms with Gasteiger partial charge in [0.05, 0.1) is 5.02 Å². The van der Waals surface area contributed by atoms with Crippen LogP contribution in [0.25, 0.3) is 0 Å². The van der Waals surface area contributed by atoms with Crippen LogP contribution in [0.5, 0.6) is 0 Å². The Morgan fingerprint density at radius 3 is 2.69 bits per heavy atom. The van der Waals surface area contributed by atoms with E-state index in [0.717, 1.165) is 3.57 Å². The van der Waals surface area contributed by atoms with Crippen molar-refractivity contribution in [3.05, 3.63) is 62.4 Å². The van der Waals surface area contributed by atoms with Crippen molar-refractivity contribution < 1.29 is 4.79 Å². The average Bonchev–Trinajstić information content (AvgIpc) is 2.33. The second kappa shape index (κ2) is 4.93. The lowest BCUT2D eigenvalue weighted by atomic mass is 10.1. The van der Waals surface area contributed by atoms with E-state index in [1.54, 1.807) is 42.7 Å². The van der Waals surface area contributed by atoms with Gasteiger partial charge in [-0.1, -0.05) is 11.6 Å². The highest BCUT2D eigenvalue weighted by molar-refractivity contribution is 14.1. The lowest BCUT2D eigenvalue weighted by molar-refractivity contribution is 0.103. The van der Waals surface area contributed by atoms with Gasteiger partial charge < -0.3 is 0 Å². The molecule has 1 aromatic carbocycles. The molecule has 0 atom stereocenters. The molecule has 0 unspecified atom stereocenters. The van der Waals surface area contributed by atoms with E-state index in [0.29, 0.717) is 16.1 Å². The summed E-state index contributed by atoms with van der Waals surface area (Å²) in [7, 11) is 0. The number of benzene rings is 1. The largest absolute Gasteiger partial charge is 0.289 e. The first kappa shape index (κ1) is 11.5. The number of aromatic nitrogens is 1. The van der Waals surface area contributed by atoms with Gasteiger partial charge in [0.2, 0.25) is 0 Å². The van der Waals surface area contributed by atoms with Gasteiger partial charge in [0.25, 0.3) is 0 Å². The van der Waals surface area contributed by atoms with Crippen LogP contribution >= 0.6 is 34.2 Å².